The van der Waals surface area contributed by atoms with Crippen LogP contribution in [0.15, 0.2) is 29.6 Å². The van der Waals surface area contributed by atoms with Crippen LogP contribution in [0, 0.1) is 19.8 Å². The summed E-state index contributed by atoms with van der Waals surface area (Å²) in [7, 11) is 0. The number of rotatable bonds is 6. The standard InChI is InChI=1S/C21H26N6O2S/c1-14(12-27-16(3)22-15(2)25-27)20(28)23-18-6-4-17(5-7-18)19-13-30-21(24-19)26-8-10-29-11-9-26/h4-7,13-14H,8-12H2,1-3H3,(H,23,28)/t14-/m0/s1. The number of amides is 1. The van der Waals surface area contributed by atoms with E-state index in [4.69, 9.17) is 9.72 Å². The summed E-state index contributed by atoms with van der Waals surface area (Å²) in [5, 5.41) is 10.4. The first-order valence-electron chi connectivity index (χ1n) is 10.1. The molecule has 1 fully saturated rings. The van der Waals surface area contributed by atoms with Crippen LogP contribution < -0.4 is 10.2 Å². The van der Waals surface area contributed by atoms with Gasteiger partial charge in [0, 0.05) is 29.7 Å². The zero-order valence-electron chi connectivity index (χ0n) is 17.5. The SMILES string of the molecule is Cc1nc(C)n(C[C@H](C)C(=O)Nc2ccc(-c3csc(N4CCOCC4)n3)cc2)n1. The van der Waals surface area contributed by atoms with Gasteiger partial charge in [-0.1, -0.05) is 19.1 Å². The number of anilines is 2. The molecule has 1 aliphatic heterocycles. The van der Waals surface area contributed by atoms with E-state index in [0.29, 0.717) is 6.54 Å². The molecule has 0 unspecified atom stereocenters. The molecule has 0 radical (unpaired) electrons. The summed E-state index contributed by atoms with van der Waals surface area (Å²) in [5.74, 6) is 1.27. The van der Waals surface area contributed by atoms with Crippen molar-refractivity contribution in [2.75, 3.05) is 36.5 Å². The lowest BCUT2D eigenvalue weighted by atomic mass is 10.1. The lowest BCUT2D eigenvalue weighted by Gasteiger charge is -2.26. The molecule has 1 aliphatic rings. The number of benzene rings is 1. The van der Waals surface area contributed by atoms with Gasteiger partial charge in [0.2, 0.25) is 5.91 Å². The first-order chi connectivity index (χ1) is 14.5. The lowest BCUT2D eigenvalue weighted by molar-refractivity contribution is -0.119. The van der Waals surface area contributed by atoms with Gasteiger partial charge in [-0.3, -0.25) is 4.79 Å². The molecule has 1 amide bonds. The molecular formula is C21H26N6O2S. The van der Waals surface area contributed by atoms with Crippen LogP contribution in [0.2, 0.25) is 0 Å². The Kier molecular flexibility index (Phi) is 6.10. The van der Waals surface area contributed by atoms with Crippen LogP contribution in [-0.4, -0.2) is 52.0 Å². The Balaban J connectivity index is 1.37. The molecule has 9 heteroatoms. The fraction of sp³-hybridized carbons (Fsp3) is 0.429. The number of morpholine rings is 1. The number of hydrogen-bond donors (Lipinski definition) is 1. The molecule has 3 aromatic rings. The molecule has 1 N–H and O–H groups in total. The Morgan fingerprint density at radius 2 is 1.93 bits per heavy atom. The Labute approximate surface area is 179 Å². The van der Waals surface area contributed by atoms with E-state index in [1.54, 1.807) is 16.0 Å². The Bertz CT molecular complexity index is 1010. The van der Waals surface area contributed by atoms with Crippen molar-refractivity contribution in [3.05, 3.63) is 41.3 Å². The molecule has 0 spiro atoms. The Morgan fingerprint density at radius 3 is 2.60 bits per heavy atom. The Morgan fingerprint density at radius 1 is 1.20 bits per heavy atom. The predicted octanol–water partition coefficient (Wildman–Crippen LogP) is 3.13. The van der Waals surface area contributed by atoms with Crippen LogP contribution in [0.25, 0.3) is 11.3 Å². The van der Waals surface area contributed by atoms with E-state index >= 15 is 0 Å². The normalized spacial score (nSPS) is 15.2. The molecule has 0 saturated carbocycles. The number of aryl methyl sites for hydroxylation is 2. The van der Waals surface area contributed by atoms with Gasteiger partial charge in [-0.2, -0.15) is 5.10 Å². The second-order valence-electron chi connectivity index (χ2n) is 7.47. The number of carbonyl (C=O) groups is 1. The zero-order chi connectivity index (χ0) is 21.1. The minimum absolute atomic E-state index is 0.0430. The zero-order valence-corrected chi connectivity index (χ0v) is 18.3. The monoisotopic (exact) mass is 426 g/mol. The number of nitrogens with one attached hydrogen (secondary N) is 1. The van der Waals surface area contributed by atoms with E-state index in [9.17, 15) is 4.79 Å². The molecule has 1 atom stereocenters. The maximum atomic E-state index is 12.6. The van der Waals surface area contributed by atoms with Gasteiger partial charge in [0.25, 0.3) is 0 Å². The molecule has 2 aromatic heterocycles. The third kappa shape index (κ3) is 4.68. The predicted molar refractivity (Wildman–Crippen MR) is 118 cm³/mol. The molecular weight excluding hydrogens is 400 g/mol. The number of ether oxygens (including phenoxy) is 1. The van der Waals surface area contributed by atoms with E-state index in [0.717, 1.165) is 60.0 Å². The number of thiazole rings is 1. The summed E-state index contributed by atoms with van der Waals surface area (Å²) >= 11 is 1.65. The maximum absolute atomic E-state index is 12.6. The molecule has 3 heterocycles. The Hall–Kier alpha value is -2.78. The van der Waals surface area contributed by atoms with Crippen LogP contribution >= 0.6 is 11.3 Å². The second-order valence-corrected chi connectivity index (χ2v) is 8.31. The van der Waals surface area contributed by atoms with Crippen molar-refractivity contribution < 1.29 is 9.53 Å². The van der Waals surface area contributed by atoms with E-state index in [2.05, 4.69) is 25.7 Å². The van der Waals surface area contributed by atoms with E-state index < -0.39 is 0 Å². The van der Waals surface area contributed by atoms with Crippen molar-refractivity contribution in [2.45, 2.75) is 27.3 Å². The molecule has 0 bridgehead atoms. The van der Waals surface area contributed by atoms with Crippen molar-refractivity contribution in [1.29, 1.82) is 0 Å². The van der Waals surface area contributed by atoms with Crippen LogP contribution in [0.4, 0.5) is 10.8 Å². The minimum atomic E-state index is -0.223. The van der Waals surface area contributed by atoms with Gasteiger partial charge in [0.05, 0.1) is 31.4 Å². The number of hydrogen-bond acceptors (Lipinski definition) is 7. The van der Waals surface area contributed by atoms with E-state index in [-0.39, 0.29) is 11.8 Å². The highest BCUT2D eigenvalue weighted by atomic mass is 32.1. The van der Waals surface area contributed by atoms with Crippen LogP contribution in [0.1, 0.15) is 18.6 Å². The van der Waals surface area contributed by atoms with Gasteiger partial charge in [0.15, 0.2) is 5.13 Å². The van der Waals surface area contributed by atoms with E-state index in [1.165, 1.54) is 0 Å². The summed E-state index contributed by atoms with van der Waals surface area (Å²) in [6, 6.07) is 7.81. The highest BCUT2D eigenvalue weighted by molar-refractivity contribution is 7.14. The first kappa shape index (κ1) is 20.5. The van der Waals surface area contributed by atoms with Crippen molar-refractivity contribution in [1.82, 2.24) is 19.7 Å². The lowest BCUT2D eigenvalue weighted by Crippen LogP contribution is -2.36. The molecule has 158 valence electrons. The van der Waals surface area contributed by atoms with Crippen LogP contribution in [0.5, 0.6) is 0 Å². The minimum Gasteiger partial charge on any atom is -0.378 e. The van der Waals surface area contributed by atoms with Crippen molar-refractivity contribution in [2.24, 2.45) is 5.92 Å². The molecule has 1 saturated heterocycles. The van der Waals surface area contributed by atoms with Gasteiger partial charge in [-0.05, 0) is 26.0 Å². The van der Waals surface area contributed by atoms with Gasteiger partial charge in [-0.15, -0.1) is 11.3 Å². The fourth-order valence-corrected chi connectivity index (χ4v) is 4.25. The number of nitrogens with zero attached hydrogens (tertiary/aromatic N) is 5. The quantitative estimate of drug-likeness (QED) is 0.652. The largest absolute Gasteiger partial charge is 0.378 e. The van der Waals surface area contributed by atoms with Crippen LogP contribution in [0.3, 0.4) is 0 Å². The second kappa shape index (κ2) is 8.93. The summed E-state index contributed by atoms with van der Waals surface area (Å²) in [4.78, 5) is 23.9. The van der Waals surface area contributed by atoms with Crippen molar-refractivity contribution in [3.63, 3.8) is 0 Å². The molecule has 1 aromatic carbocycles. The summed E-state index contributed by atoms with van der Waals surface area (Å²) < 4.78 is 7.18. The van der Waals surface area contributed by atoms with Crippen molar-refractivity contribution in [3.8, 4) is 11.3 Å². The average Bonchev–Trinajstić information content (AvgIpc) is 3.36. The van der Waals surface area contributed by atoms with Crippen LogP contribution in [-0.2, 0) is 16.1 Å². The van der Waals surface area contributed by atoms with Gasteiger partial charge in [0.1, 0.15) is 11.6 Å². The number of carbonyl (C=O) groups excluding carboxylic acids is 1. The van der Waals surface area contributed by atoms with Crippen molar-refractivity contribution >= 4 is 28.1 Å². The number of aromatic nitrogens is 4. The molecule has 0 aliphatic carbocycles. The molecule has 8 nitrogen and oxygen atoms in total. The smallest absolute Gasteiger partial charge is 0.229 e. The average molecular weight is 427 g/mol. The van der Waals surface area contributed by atoms with Gasteiger partial charge >= 0.3 is 0 Å². The molecule has 30 heavy (non-hydrogen) atoms. The third-order valence-electron chi connectivity index (χ3n) is 5.08. The highest BCUT2D eigenvalue weighted by Gasteiger charge is 2.17. The van der Waals surface area contributed by atoms with E-state index in [1.807, 2.05) is 45.0 Å². The third-order valence-corrected chi connectivity index (χ3v) is 5.98. The summed E-state index contributed by atoms with van der Waals surface area (Å²) in [6.45, 7) is 9.39. The maximum Gasteiger partial charge on any atom is 0.229 e. The van der Waals surface area contributed by atoms with Gasteiger partial charge in [-0.25, -0.2) is 14.6 Å². The summed E-state index contributed by atoms with van der Waals surface area (Å²) in [6.07, 6.45) is 0. The first-order valence-corrected chi connectivity index (χ1v) is 10.9. The highest BCUT2D eigenvalue weighted by Crippen LogP contribution is 2.28. The topological polar surface area (TPSA) is 85.2 Å². The van der Waals surface area contributed by atoms with Gasteiger partial charge < -0.3 is 15.0 Å². The fourth-order valence-electron chi connectivity index (χ4n) is 3.36. The molecule has 4 rings (SSSR count). The summed E-state index contributed by atoms with van der Waals surface area (Å²) in [5.41, 5.74) is 2.75.